The molecule has 3 unspecified atom stereocenters. The first-order valence-electron chi connectivity index (χ1n) is 11.6. The van der Waals surface area contributed by atoms with E-state index in [-0.39, 0.29) is 5.92 Å². The van der Waals surface area contributed by atoms with E-state index in [0.717, 1.165) is 36.4 Å². The van der Waals surface area contributed by atoms with Crippen LogP contribution in [0, 0.1) is 5.92 Å². The molecule has 0 bridgehead atoms. The molecule has 0 radical (unpaired) electrons. The number of fused-ring (bicyclic) bond motifs is 2. The molecular weight excluding hydrogens is 422 g/mol. The van der Waals surface area contributed by atoms with Gasteiger partial charge >= 0.3 is 18.0 Å². The molecule has 33 heavy (non-hydrogen) atoms. The van der Waals surface area contributed by atoms with E-state index in [1.54, 1.807) is 7.05 Å². The fourth-order valence-electron chi connectivity index (χ4n) is 4.74. The number of aliphatic imine (C=N–C) groups is 1. The number of amidine groups is 1. The Morgan fingerprint density at radius 1 is 1.27 bits per heavy atom. The number of likely N-dealkylation sites (N-methyl/N-ethyl adjacent to an activating group) is 1. The molecular formula is C24H32N5O4+. The van der Waals surface area contributed by atoms with Crippen LogP contribution in [0.5, 0.6) is 0 Å². The summed E-state index contributed by atoms with van der Waals surface area (Å²) in [5, 5.41) is 0. The normalized spacial score (nSPS) is 23.4. The highest BCUT2D eigenvalue weighted by atomic mass is 16.5. The third-order valence-corrected chi connectivity index (χ3v) is 6.58. The van der Waals surface area contributed by atoms with Gasteiger partial charge in [-0.15, -0.1) is 0 Å². The summed E-state index contributed by atoms with van der Waals surface area (Å²) in [4.78, 5) is 47.8. The number of unbranched alkanes of at least 4 members (excludes halogenated alkanes) is 1. The lowest BCUT2D eigenvalue weighted by atomic mass is 10.0. The highest BCUT2D eigenvalue weighted by Gasteiger charge is 2.56. The number of nitrogens with zero attached hydrogens (tertiary/aromatic N) is 5. The van der Waals surface area contributed by atoms with Gasteiger partial charge in [0.2, 0.25) is 11.9 Å². The third kappa shape index (κ3) is 3.89. The average Bonchev–Trinajstić information content (AvgIpc) is 3.20. The number of carbonyl (C=O) groups excluding carboxylic acids is 3. The second kappa shape index (κ2) is 8.96. The lowest BCUT2D eigenvalue weighted by molar-refractivity contribution is -0.545. The van der Waals surface area contributed by atoms with Crippen molar-refractivity contribution >= 4 is 35.4 Å². The molecule has 0 N–H and O–H groups in total. The maximum Gasteiger partial charge on any atom is 0.397 e. The Morgan fingerprint density at radius 2 is 1.97 bits per heavy atom. The molecule has 0 saturated carbocycles. The number of ether oxygens (including phenoxy) is 1. The van der Waals surface area contributed by atoms with Crippen molar-refractivity contribution in [2.24, 2.45) is 10.9 Å². The van der Waals surface area contributed by atoms with E-state index in [9.17, 15) is 14.4 Å². The van der Waals surface area contributed by atoms with E-state index < -0.39 is 30.0 Å². The number of aryl methyl sites for hydroxylation is 1. The van der Waals surface area contributed by atoms with Crippen LogP contribution in [0.25, 0.3) is 0 Å². The molecule has 0 aliphatic carbocycles. The number of anilines is 1. The Balaban J connectivity index is 1.70. The molecule has 1 aromatic carbocycles. The summed E-state index contributed by atoms with van der Waals surface area (Å²) in [6.07, 6.45) is 3.36. The number of carbonyl (C=O) groups is 3. The number of guanidine groups is 1. The lowest BCUT2D eigenvalue weighted by Crippen LogP contribution is -2.66. The molecule has 1 fully saturated rings. The molecule has 9 nitrogen and oxygen atoms in total. The third-order valence-electron chi connectivity index (χ3n) is 6.58. The van der Waals surface area contributed by atoms with E-state index in [4.69, 9.17) is 9.73 Å². The number of amides is 3. The summed E-state index contributed by atoms with van der Waals surface area (Å²) in [5.74, 6) is 0.241. The van der Waals surface area contributed by atoms with Crippen LogP contribution in [0.4, 0.5) is 10.5 Å². The van der Waals surface area contributed by atoms with Gasteiger partial charge in [0.25, 0.3) is 5.91 Å². The van der Waals surface area contributed by atoms with Gasteiger partial charge in [-0.2, -0.15) is 0 Å². The predicted molar refractivity (Wildman–Crippen MR) is 124 cm³/mol. The number of urea groups is 1. The highest BCUT2D eigenvalue weighted by Crippen LogP contribution is 2.29. The molecule has 176 valence electrons. The summed E-state index contributed by atoms with van der Waals surface area (Å²) >= 11 is 0. The van der Waals surface area contributed by atoms with Crippen molar-refractivity contribution in [2.75, 3.05) is 32.1 Å². The van der Waals surface area contributed by atoms with Crippen LogP contribution in [-0.2, 0) is 20.7 Å². The Morgan fingerprint density at radius 3 is 2.61 bits per heavy atom. The Kier molecular flexibility index (Phi) is 6.23. The van der Waals surface area contributed by atoms with Gasteiger partial charge < -0.3 is 4.74 Å². The van der Waals surface area contributed by atoms with E-state index in [1.165, 1.54) is 24.5 Å². The number of imide groups is 1. The van der Waals surface area contributed by atoms with Gasteiger partial charge in [-0.3, -0.25) is 9.69 Å². The van der Waals surface area contributed by atoms with E-state index in [0.29, 0.717) is 18.3 Å². The van der Waals surface area contributed by atoms with E-state index in [1.807, 2.05) is 4.58 Å². The lowest BCUT2D eigenvalue weighted by Gasteiger charge is -2.37. The minimum atomic E-state index is -1.02. The Hall–Kier alpha value is -3.23. The van der Waals surface area contributed by atoms with Crippen molar-refractivity contribution in [3.63, 3.8) is 0 Å². The second-order valence-electron chi connectivity index (χ2n) is 9.06. The average molecular weight is 455 g/mol. The number of hydrogen-bond donors (Lipinski definition) is 0. The summed E-state index contributed by atoms with van der Waals surface area (Å²) in [5.41, 5.74) is 2.30. The number of hydrogen-bond acceptors (Lipinski definition) is 6. The minimum absolute atomic E-state index is 0.269. The molecule has 1 aromatic rings. The fraction of sp³-hybridized carbons (Fsp3) is 0.542. The van der Waals surface area contributed by atoms with Gasteiger partial charge in [0.05, 0.1) is 20.2 Å². The Bertz CT molecular complexity index is 1030. The van der Waals surface area contributed by atoms with Crippen LogP contribution in [0.3, 0.4) is 0 Å². The summed E-state index contributed by atoms with van der Waals surface area (Å²) < 4.78 is 6.74. The zero-order valence-corrected chi connectivity index (χ0v) is 19.9. The molecule has 1 saturated heterocycles. The van der Waals surface area contributed by atoms with Crippen LogP contribution in [0.2, 0.25) is 0 Å². The van der Waals surface area contributed by atoms with Crippen LogP contribution in [0.15, 0.2) is 29.3 Å². The number of esters is 1. The number of rotatable bonds is 6. The first-order chi connectivity index (χ1) is 15.8. The molecule has 3 aliphatic rings. The fourth-order valence-corrected chi connectivity index (χ4v) is 4.74. The van der Waals surface area contributed by atoms with Gasteiger partial charge in [-0.05, 0) is 37.5 Å². The quantitative estimate of drug-likeness (QED) is 0.485. The summed E-state index contributed by atoms with van der Waals surface area (Å²) in [6.45, 7) is 7.21. The van der Waals surface area contributed by atoms with Crippen molar-refractivity contribution in [3.8, 4) is 0 Å². The summed E-state index contributed by atoms with van der Waals surface area (Å²) in [7, 11) is 2.83. The van der Waals surface area contributed by atoms with Gasteiger partial charge in [0.1, 0.15) is 11.7 Å². The predicted octanol–water partition coefficient (Wildman–Crippen LogP) is 2.09. The SMILES string of the molecule is CCCCc1ccc(N2CC(C)C[N+]3=C2N=C2C3C(=O)N(C(C)C(=O)OC)C(=O)N2C)cc1. The first kappa shape index (κ1) is 22.9. The molecule has 4 rings (SSSR count). The zero-order chi connectivity index (χ0) is 23.9. The highest BCUT2D eigenvalue weighted by molar-refractivity contribution is 6.24. The van der Waals surface area contributed by atoms with Crippen molar-refractivity contribution in [1.29, 1.82) is 0 Å². The van der Waals surface area contributed by atoms with E-state index >= 15 is 0 Å². The standard InChI is InChI=1S/C24H32N5O4/c1-6-7-8-17-9-11-18(12-10-17)27-13-15(2)14-28-19-20(25-23(27)28)26(4)24(32)29(21(19)30)16(3)22(31)33-5/h9-12,15-16,19H,6-8,13-14H2,1-5H3/q+1. The number of methoxy groups -OCH3 is 1. The number of benzene rings is 1. The second-order valence-corrected chi connectivity index (χ2v) is 9.06. The van der Waals surface area contributed by atoms with Crippen LogP contribution >= 0.6 is 0 Å². The molecule has 3 atom stereocenters. The molecule has 0 aromatic heterocycles. The molecule has 0 spiro atoms. The zero-order valence-electron chi connectivity index (χ0n) is 19.9. The molecule has 9 heteroatoms. The largest absolute Gasteiger partial charge is 0.467 e. The van der Waals surface area contributed by atoms with Crippen LogP contribution in [0.1, 0.15) is 39.2 Å². The summed E-state index contributed by atoms with van der Waals surface area (Å²) in [6, 6.07) is 6.14. The maximum atomic E-state index is 13.5. The van der Waals surface area contributed by atoms with Crippen molar-refractivity contribution < 1.29 is 23.7 Å². The minimum Gasteiger partial charge on any atom is -0.467 e. The van der Waals surface area contributed by atoms with Crippen LogP contribution < -0.4 is 4.90 Å². The monoisotopic (exact) mass is 454 g/mol. The molecule has 3 aliphatic heterocycles. The Labute approximate surface area is 194 Å². The van der Waals surface area contributed by atoms with Crippen molar-refractivity contribution in [1.82, 2.24) is 9.80 Å². The van der Waals surface area contributed by atoms with Crippen molar-refractivity contribution in [3.05, 3.63) is 29.8 Å². The van der Waals surface area contributed by atoms with Gasteiger partial charge in [0.15, 0.2) is 0 Å². The smallest absolute Gasteiger partial charge is 0.397 e. The topological polar surface area (TPSA) is 85.5 Å². The van der Waals surface area contributed by atoms with Gasteiger partial charge in [-0.1, -0.05) is 37.4 Å². The van der Waals surface area contributed by atoms with Crippen molar-refractivity contribution in [2.45, 2.75) is 52.1 Å². The van der Waals surface area contributed by atoms with Crippen LogP contribution in [-0.4, -0.2) is 83.4 Å². The first-order valence-corrected chi connectivity index (χ1v) is 11.6. The van der Waals surface area contributed by atoms with Gasteiger partial charge in [0, 0.05) is 13.0 Å². The van der Waals surface area contributed by atoms with E-state index in [2.05, 4.69) is 43.0 Å². The van der Waals surface area contributed by atoms with Gasteiger partial charge in [-0.25, -0.2) is 24.0 Å². The molecule has 3 amide bonds. The molecule has 3 heterocycles. The maximum absolute atomic E-state index is 13.5.